The topological polar surface area (TPSA) is 94.3 Å². The van der Waals surface area contributed by atoms with E-state index in [1.165, 1.54) is 0 Å². The number of aromatic amines is 1. The number of rotatable bonds is 7. The van der Waals surface area contributed by atoms with E-state index in [1.54, 1.807) is 29.2 Å². The molecule has 216 valence electrons. The Labute approximate surface area is 250 Å². The summed E-state index contributed by atoms with van der Waals surface area (Å²) in [6, 6.07) is 31.2. The second-order valence-corrected chi connectivity index (χ2v) is 11.2. The van der Waals surface area contributed by atoms with Gasteiger partial charge in [-0.15, -0.1) is 0 Å². The minimum atomic E-state index is -0.856. The number of amides is 3. The van der Waals surface area contributed by atoms with E-state index in [1.807, 2.05) is 62.4 Å². The number of hydrazine groups is 1. The molecule has 3 N–H and O–H groups in total. The molecule has 7 heteroatoms. The van der Waals surface area contributed by atoms with Gasteiger partial charge in [-0.25, -0.2) is 0 Å². The molecule has 1 aliphatic rings. The van der Waals surface area contributed by atoms with E-state index in [-0.39, 0.29) is 11.8 Å². The van der Waals surface area contributed by atoms with Crippen LogP contribution < -0.4 is 10.9 Å². The zero-order valence-corrected chi connectivity index (χ0v) is 24.4. The second-order valence-electron chi connectivity index (χ2n) is 11.2. The Bertz CT molecular complexity index is 1810. The maximum absolute atomic E-state index is 14.3. The van der Waals surface area contributed by atoms with E-state index in [9.17, 15) is 14.4 Å². The number of benzene rings is 4. The number of hydrogen-bond donors (Lipinski definition) is 3. The summed E-state index contributed by atoms with van der Waals surface area (Å²) in [4.78, 5) is 46.4. The lowest BCUT2D eigenvalue weighted by atomic mass is 9.90. The van der Waals surface area contributed by atoms with Gasteiger partial charge in [-0.1, -0.05) is 105 Å². The highest BCUT2D eigenvalue weighted by Crippen LogP contribution is 2.47. The second kappa shape index (κ2) is 11.6. The van der Waals surface area contributed by atoms with Crippen molar-refractivity contribution < 1.29 is 14.4 Å². The third-order valence-electron chi connectivity index (χ3n) is 8.44. The molecule has 5 aromatic rings. The van der Waals surface area contributed by atoms with Crippen LogP contribution >= 0.6 is 0 Å². The summed E-state index contributed by atoms with van der Waals surface area (Å²) in [6.07, 6.45) is 0.649. The van der Waals surface area contributed by atoms with Gasteiger partial charge in [0.1, 0.15) is 6.04 Å². The summed E-state index contributed by atoms with van der Waals surface area (Å²) < 4.78 is 0. The summed E-state index contributed by atoms with van der Waals surface area (Å²) in [7, 11) is 0. The first-order valence-corrected chi connectivity index (χ1v) is 14.6. The number of nitrogens with one attached hydrogen (secondary N) is 3. The predicted molar refractivity (Wildman–Crippen MR) is 168 cm³/mol. The van der Waals surface area contributed by atoms with Crippen LogP contribution in [0.1, 0.15) is 63.7 Å². The molecule has 0 spiro atoms. The van der Waals surface area contributed by atoms with Gasteiger partial charge in [0.15, 0.2) is 0 Å². The van der Waals surface area contributed by atoms with Gasteiger partial charge in [-0.3, -0.25) is 25.2 Å². The molecule has 0 bridgehead atoms. The Hall–Kier alpha value is -5.17. The first-order valence-electron chi connectivity index (χ1n) is 14.6. The molecule has 0 fully saturated rings. The smallest absolute Gasteiger partial charge is 0.269 e. The Kier molecular flexibility index (Phi) is 7.55. The lowest BCUT2D eigenvalue weighted by molar-refractivity contribution is -0.128. The average molecular weight is 571 g/mol. The van der Waals surface area contributed by atoms with Crippen molar-refractivity contribution >= 4 is 28.6 Å². The van der Waals surface area contributed by atoms with Gasteiger partial charge in [0.25, 0.3) is 17.7 Å². The molecule has 7 nitrogen and oxygen atoms in total. The van der Waals surface area contributed by atoms with E-state index in [4.69, 9.17) is 0 Å². The van der Waals surface area contributed by atoms with Crippen molar-refractivity contribution in [3.63, 3.8) is 0 Å². The van der Waals surface area contributed by atoms with Crippen LogP contribution in [0.25, 0.3) is 22.2 Å². The van der Waals surface area contributed by atoms with Gasteiger partial charge in [0.05, 0.1) is 11.7 Å². The van der Waals surface area contributed by atoms with Crippen molar-refractivity contribution in [2.45, 2.75) is 39.3 Å². The summed E-state index contributed by atoms with van der Waals surface area (Å²) in [6.45, 7) is 6.02. The lowest BCUT2D eigenvalue weighted by Crippen LogP contribution is -2.55. The fraction of sp³-hybridized carbons (Fsp3) is 0.194. The Balaban J connectivity index is 1.48. The van der Waals surface area contributed by atoms with Crippen molar-refractivity contribution in [2.24, 2.45) is 5.92 Å². The van der Waals surface area contributed by atoms with Gasteiger partial charge in [0, 0.05) is 27.6 Å². The van der Waals surface area contributed by atoms with Crippen LogP contribution in [0.5, 0.6) is 0 Å². The number of aryl methyl sites for hydroxylation is 1. The molecule has 3 amide bonds. The van der Waals surface area contributed by atoms with E-state index in [0.29, 0.717) is 17.5 Å². The van der Waals surface area contributed by atoms with Gasteiger partial charge >= 0.3 is 0 Å². The van der Waals surface area contributed by atoms with Gasteiger partial charge in [-0.05, 0) is 48.2 Å². The molecule has 2 heterocycles. The molecular formula is C36H34N4O3. The monoisotopic (exact) mass is 570 g/mol. The highest BCUT2D eigenvalue weighted by Gasteiger charge is 2.47. The zero-order chi connectivity index (χ0) is 30.1. The molecule has 1 aromatic heterocycles. The van der Waals surface area contributed by atoms with Crippen LogP contribution in [-0.4, -0.2) is 33.6 Å². The number of carbonyl (C=O) groups excluding carboxylic acids is 3. The minimum absolute atomic E-state index is 0.206. The summed E-state index contributed by atoms with van der Waals surface area (Å²) in [5.74, 6) is -1.29. The zero-order valence-electron chi connectivity index (χ0n) is 24.4. The highest BCUT2D eigenvalue weighted by molar-refractivity contribution is 6.05. The molecule has 1 aliphatic heterocycles. The van der Waals surface area contributed by atoms with Crippen LogP contribution in [0.2, 0.25) is 0 Å². The van der Waals surface area contributed by atoms with Gasteiger partial charge < -0.3 is 9.88 Å². The minimum Gasteiger partial charge on any atom is -0.354 e. The Morgan fingerprint density at radius 2 is 1.53 bits per heavy atom. The quantitative estimate of drug-likeness (QED) is 0.193. The number of carbonyl (C=O) groups is 3. The highest BCUT2D eigenvalue weighted by atomic mass is 16.2. The van der Waals surface area contributed by atoms with Crippen LogP contribution in [0.3, 0.4) is 0 Å². The molecule has 0 aliphatic carbocycles. The van der Waals surface area contributed by atoms with Crippen LogP contribution in [-0.2, 0) is 4.79 Å². The molecular weight excluding hydrogens is 536 g/mol. The number of para-hydroxylation sites is 1. The largest absolute Gasteiger partial charge is 0.354 e. The van der Waals surface area contributed by atoms with Crippen molar-refractivity contribution in [3.8, 4) is 11.3 Å². The Morgan fingerprint density at radius 1 is 0.860 bits per heavy atom. The number of nitrogens with zero attached hydrogens (tertiary/aromatic N) is 1. The standard InChI is InChI=1S/C36H34N4O3/c1-4-23(3)32(35(42)39-38-34(41)25-12-6-5-7-13-25)40-33(26-14-8-9-15-27(26)36(40)43)30-28-16-10-11-17-29(28)37-31(30)24-20-18-22(2)19-21-24/h5-21,23,32-33,37H,4H2,1-3H3,(H,38,41)(H,39,42). The molecule has 3 unspecified atom stereocenters. The van der Waals surface area contributed by atoms with E-state index in [2.05, 4.69) is 53.1 Å². The summed E-state index contributed by atoms with van der Waals surface area (Å²) >= 11 is 0. The van der Waals surface area contributed by atoms with Crippen molar-refractivity contribution in [1.82, 2.24) is 20.7 Å². The van der Waals surface area contributed by atoms with Gasteiger partial charge in [-0.2, -0.15) is 0 Å². The van der Waals surface area contributed by atoms with Crippen LogP contribution in [0.4, 0.5) is 0 Å². The van der Waals surface area contributed by atoms with Gasteiger partial charge in [0.2, 0.25) is 0 Å². The number of aromatic nitrogens is 1. The van der Waals surface area contributed by atoms with Crippen molar-refractivity contribution in [2.75, 3.05) is 0 Å². The van der Waals surface area contributed by atoms with E-state index in [0.717, 1.165) is 38.9 Å². The SMILES string of the molecule is CCC(C)C(C(=O)NNC(=O)c1ccccc1)N1C(=O)c2ccccc2C1c1c(-c2ccc(C)cc2)[nH]c2ccccc12. The molecule has 6 rings (SSSR count). The van der Waals surface area contributed by atoms with E-state index >= 15 is 0 Å². The average Bonchev–Trinajstić information content (AvgIpc) is 3.55. The summed E-state index contributed by atoms with van der Waals surface area (Å²) in [5.41, 5.74) is 12.0. The maximum Gasteiger partial charge on any atom is 0.269 e. The fourth-order valence-electron chi connectivity index (χ4n) is 6.05. The summed E-state index contributed by atoms with van der Waals surface area (Å²) in [5, 5.41) is 0.985. The third-order valence-corrected chi connectivity index (χ3v) is 8.44. The molecule has 0 saturated heterocycles. The molecule has 43 heavy (non-hydrogen) atoms. The first-order chi connectivity index (χ1) is 20.9. The molecule has 4 aromatic carbocycles. The number of hydrogen-bond acceptors (Lipinski definition) is 3. The van der Waals surface area contributed by atoms with E-state index < -0.39 is 23.9 Å². The maximum atomic E-state index is 14.3. The lowest BCUT2D eigenvalue weighted by Gasteiger charge is -2.36. The third kappa shape index (κ3) is 5.07. The van der Waals surface area contributed by atoms with Crippen molar-refractivity contribution in [3.05, 3.63) is 131 Å². The number of H-pyrrole nitrogens is 1. The van der Waals surface area contributed by atoms with Crippen LogP contribution in [0, 0.1) is 12.8 Å². The fourth-order valence-corrected chi connectivity index (χ4v) is 6.05. The van der Waals surface area contributed by atoms with Crippen molar-refractivity contribution in [1.29, 1.82) is 0 Å². The number of fused-ring (bicyclic) bond motifs is 2. The predicted octanol–water partition coefficient (Wildman–Crippen LogP) is 6.56. The molecule has 0 saturated carbocycles. The normalized spacial score (nSPS) is 15.7. The molecule has 3 atom stereocenters. The first kappa shape index (κ1) is 28.0. The molecule has 0 radical (unpaired) electrons. The Morgan fingerprint density at radius 3 is 2.28 bits per heavy atom. The van der Waals surface area contributed by atoms with Crippen LogP contribution in [0.15, 0.2) is 103 Å².